The Hall–Kier alpha value is -1.03. The molecule has 0 radical (unpaired) electrons. The third kappa shape index (κ3) is 4.39. The number of rotatable bonds is 7. The Balaban J connectivity index is 1.62. The number of thioether (sulfide) groups is 2. The largest absolute Gasteiger partial charge is 0.369 e. The van der Waals surface area contributed by atoms with Crippen LogP contribution in [-0.4, -0.2) is 30.9 Å². The predicted molar refractivity (Wildman–Crippen MR) is 140 cm³/mol. The van der Waals surface area contributed by atoms with Gasteiger partial charge in [0.1, 0.15) is 4.83 Å². The highest BCUT2D eigenvalue weighted by Crippen LogP contribution is 2.42. The monoisotopic (exact) mass is 538 g/mol. The SMILES string of the molecule is CCCSc1nc2sc3c(c2c2nnc(SCc4c(Cl)cccc4Cl)n12)C[C@@](C)(CC)OC3. The topological polar surface area (TPSA) is 52.3 Å². The highest BCUT2D eigenvalue weighted by molar-refractivity contribution is 7.99. The van der Waals surface area contributed by atoms with Gasteiger partial charge < -0.3 is 4.74 Å². The molecule has 10 heteroatoms. The van der Waals surface area contributed by atoms with Crippen molar-refractivity contribution in [2.45, 2.75) is 68.3 Å². The van der Waals surface area contributed by atoms with Crippen molar-refractivity contribution < 1.29 is 4.74 Å². The molecule has 0 aliphatic carbocycles. The molecule has 1 aliphatic heterocycles. The van der Waals surface area contributed by atoms with Gasteiger partial charge in [-0.3, -0.25) is 0 Å². The molecular formula is C23H24Cl2N4OS3. The second-order valence-electron chi connectivity index (χ2n) is 8.33. The summed E-state index contributed by atoms with van der Waals surface area (Å²) in [6.07, 6.45) is 2.89. The van der Waals surface area contributed by atoms with Gasteiger partial charge in [0.2, 0.25) is 0 Å². The van der Waals surface area contributed by atoms with Crippen molar-refractivity contribution in [2.75, 3.05) is 5.75 Å². The van der Waals surface area contributed by atoms with E-state index in [-0.39, 0.29) is 5.60 Å². The number of nitrogens with zero attached hydrogens (tertiary/aromatic N) is 4. The zero-order valence-corrected chi connectivity index (χ0v) is 22.6. The van der Waals surface area contributed by atoms with Crippen LogP contribution in [0.4, 0.5) is 0 Å². The first-order valence-corrected chi connectivity index (χ1v) is 14.5. The van der Waals surface area contributed by atoms with Gasteiger partial charge in [0.05, 0.1) is 17.6 Å². The van der Waals surface area contributed by atoms with E-state index in [2.05, 4.69) is 35.4 Å². The van der Waals surface area contributed by atoms with Crippen molar-refractivity contribution in [1.29, 1.82) is 0 Å². The van der Waals surface area contributed by atoms with Gasteiger partial charge in [-0.15, -0.1) is 21.5 Å². The van der Waals surface area contributed by atoms with Crippen LogP contribution >= 0.6 is 58.1 Å². The van der Waals surface area contributed by atoms with Gasteiger partial charge in [-0.2, -0.15) is 0 Å². The maximum Gasteiger partial charge on any atom is 0.198 e. The molecule has 174 valence electrons. The number of benzene rings is 1. The standard InChI is InChI=1S/C23H24Cl2N4OS3/c1-4-9-31-21-26-20-18(13-10-23(3,5-2)30-11-17(13)33-20)19-27-28-22(29(19)21)32-12-14-15(24)7-6-8-16(14)25/h6-8H,4-5,9-12H2,1-3H3/t23-/m1/s1. The molecule has 1 aromatic carbocycles. The zero-order valence-electron chi connectivity index (χ0n) is 18.7. The summed E-state index contributed by atoms with van der Waals surface area (Å²) < 4.78 is 8.31. The number of aromatic nitrogens is 4. The Morgan fingerprint density at radius 3 is 2.67 bits per heavy atom. The maximum atomic E-state index is 6.40. The second-order valence-corrected chi connectivity index (χ2v) is 12.2. The molecule has 0 amide bonds. The van der Waals surface area contributed by atoms with Crippen LogP contribution in [-0.2, 0) is 23.5 Å². The molecular weight excluding hydrogens is 515 g/mol. The van der Waals surface area contributed by atoms with Gasteiger partial charge in [-0.05, 0) is 43.0 Å². The molecule has 1 atom stereocenters. The fourth-order valence-electron chi connectivity index (χ4n) is 3.93. The number of fused-ring (bicyclic) bond motifs is 5. The van der Waals surface area contributed by atoms with Crippen LogP contribution in [0.15, 0.2) is 28.5 Å². The highest BCUT2D eigenvalue weighted by Gasteiger charge is 2.33. The molecule has 0 saturated carbocycles. The molecule has 33 heavy (non-hydrogen) atoms. The Bertz CT molecular complexity index is 1320. The van der Waals surface area contributed by atoms with Gasteiger partial charge in [-0.1, -0.05) is 66.6 Å². The molecule has 5 rings (SSSR count). The molecule has 4 aromatic rings. The summed E-state index contributed by atoms with van der Waals surface area (Å²) in [7, 11) is 0. The average molecular weight is 540 g/mol. The van der Waals surface area contributed by atoms with Crippen molar-refractivity contribution in [3.8, 4) is 0 Å². The van der Waals surface area contributed by atoms with E-state index >= 15 is 0 Å². The normalized spacial score (nSPS) is 18.3. The molecule has 5 nitrogen and oxygen atoms in total. The Kier molecular flexibility index (Phi) is 6.86. The third-order valence-corrected chi connectivity index (χ3v) is 9.92. The first kappa shape index (κ1) is 23.7. The number of hydrogen-bond donors (Lipinski definition) is 0. The average Bonchev–Trinajstić information content (AvgIpc) is 3.38. The van der Waals surface area contributed by atoms with Crippen molar-refractivity contribution in [1.82, 2.24) is 19.6 Å². The Morgan fingerprint density at radius 1 is 1.15 bits per heavy atom. The van der Waals surface area contributed by atoms with Crippen LogP contribution in [0.25, 0.3) is 15.9 Å². The van der Waals surface area contributed by atoms with E-state index < -0.39 is 0 Å². The molecule has 1 aliphatic rings. The van der Waals surface area contributed by atoms with Gasteiger partial charge >= 0.3 is 0 Å². The van der Waals surface area contributed by atoms with Crippen LogP contribution in [0.3, 0.4) is 0 Å². The third-order valence-electron chi connectivity index (χ3n) is 6.01. The van der Waals surface area contributed by atoms with E-state index in [1.165, 1.54) is 10.4 Å². The minimum atomic E-state index is -0.161. The fraction of sp³-hybridized carbons (Fsp3) is 0.435. The molecule has 3 aromatic heterocycles. The highest BCUT2D eigenvalue weighted by atomic mass is 35.5. The number of ether oxygens (including phenoxy) is 1. The van der Waals surface area contributed by atoms with Crippen LogP contribution in [0.2, 0.25) is 10.0 Å². The lowest BCUT2D eigenvalue weighted by molar-refractivity contribution is -0.0542. The molecule has 0 unspecified atom stereocenters. The molecule has 0 saturated heterocycles. The second kappa shape index (κ2) is 9.55. The lowest BCUT2D eigenvalue weighted by Crippen LogP contribution is -2.33. The summed E-state index contributed by atoms with van der Waals surface area (Å²) in [4.78, 5) is 7.36. The minimum Gasteiger partial charge on any atom is -0.369 e. The molecule has 0 fully saturated rings. The molecule has 0 N–H and O–H groups in total. The van der Waals surface area contributed by atoms with Gasteiger partial charge in [0, 0.05) is 32.8 Å². The molecule has 4 heterocycles. The van der Waals surface area contributed by atoms with Crippen LogP contribution in [0, 0.1) is 0 Å². The van der Waals surface area contributed by atoms with Gasteiger partial charge in [-0.25, -0.2) is 9.38 Å². The predicted octanol–water partition coefficient (Wildman–Crippen LogP) is 7.68. The lowest BCUT2D eigenvalue weighted by atomic mass is 9.90. The summed E-state index contributed by atoms with van der Waals surface area (Å²) in [5, 5.41) is 13.4. The smallest absolute Gasteiger partial charge is 0.198 e. The van der Waals surface area contributed by atoms with Crippen LogP contribution in [0.1, 0.15) is 49.6 Å². The first-order chi connectivity index (χ1) is 15.9. The van der Waals surface area contributed by atoms with E-state index in [0.29, 0.717) is 22.4 Å². The summed E-state index contributed by atoms with van der Waals surface area (Å²) >= 11 is 17.9. The first-order valence-electron chi connectivity index (χ1n) is 11.0. The Morgan fingerprint density at radius 2 is 1.94 bits per heavy atom. The summed E-state index contributed by atoms with van der Waals surface area (Å²) in [6.45, 7) is 7.17. The van der Waals surface area contributed by atoms with Crippen LogP contribution in [0.5, 0.6) is 0 Å². The lowest BCUT2D eigenvalue weighted by Gasteiger charge is -2.33. The Labute approximate surface area is 215 Å². The molecule has 0 bridgehead atoms. The van der Waals surface area contributed by atoms with E-state index in [9.17, 15) is 0 Å². The summed E-state index contributed by atoms with van der Waals surface area (Å²) in [5.74, 6) is 1.59. The van der Waals surface area contributed by atoms with Crippen molar-refractivity contribution in [3.63, 3.8) is 0 Å². The number of hydrogen-bond acceptors (Lipinski definition) is 7. The zero-order chi connectivity index (χ0) is 23.2. The van der Waals surface area contributed by atoms with E-state index in [1.54, 1.807) is 34.9 Å². The van der Waals surface area contributed by atoms with Crippen LogP contribution < -0.4 is 0 Å². The van der Waals surface area contributed by atoms with E-state index in [0.717, 1.165) is 56.8 Å². The quantitative estimate of drug-likeness (QED) is 0.177. The fourth-order valence-corrected chi connectivity index (χ4v) is 7.67. The van der Waals surface area contributed by atoms with Crippen molar-refractivity contribution in [3.05, 3.63) is 44.2 Å². The molecule has 0 spiro atoms. The van der Waals surface area contributed by atoms with E-state index in [4.69, 9.17) is 32.9 Å². The van der Waals surface area contributed by atoms with E-state index in [1.807, 2.05) is 18.2 Å². The van der Waals surface area contributed by atoms with Crippen molar-refractivity contribution >= 4 is 73.9 Å². The van der Waals surface area contributed by atoms with Gasteiger partial charge in [0.25, 0.3) is 0 Å². The minimum absolute atomic E-state index is 0.161. The van der Waals surface area contributed by atoms with Gasteiger partial charge in [0.15, 0.2) is 16.0 Å². The number of halogens is 2. The summed E-state index contributed by atoms with van der Waals surface area (Å²) in [6, 6.07) is 5.59. The number of thiophene rings is 1. The van der Waals surface area contributed by atoms with Crippen molar-refractivity contribution in [2.24, 2.45) is 0 Å². The summed E-state index contributed by atoms with van der Waals surface area (Å²) in [5.41, 5.74) is 2.94. The maximum absolute atomic E-state index is 6.40.